The Morgan fingerprint density at radius 2 is 1.89 bits per heavy atom. The Bertz CT molecular complexity index is 452. The molecular weight excluding hydrogens is 359 g/mol. The summed E-state index contributed by atoms with van der Waals surface area (Å²) in [6.07, 6.45) is 0. The maximum Gasteiger partial charge on any atom is 0.252 e. The summed E-state index contributed by atoms with van der Waals surface area (Å²) in [4.78, 5) is 12.1. The highest BCUT2D eigenvalue weighted by Gasteiger charge is 2.15. The van der Waals surface area contributed by atoms with E-state index in [1.54, 1.807) is 26.4 Å². The number of halogens is 1. The fourth-order valence-corrected chi connectivity index (χ4v) is 2.15. The van der Waals surface area contributed by atoms with E-state index < -0.39 is 0 Å². The van der Waals surface area contributed by atoms with Crippen LogP contribution in [0.3, 0.4) is 0 Å². The number of benzene rings is 1. The lowest BCUT2D eigenvalue weighted by atomic mass is 10.2. The van der Waals surface area contributed by atoms with Crippen LogP contribution in [0.5, 0.6) is 11.5 Å². The molecule has 0 aliphatic rings. The van der Waals surface area contributed by atoms with Crippen LogP contribution in [0.15, 0.2) is 12.1 Å². The zero-order valence-electron chi connectivity index (χ0n) is 11.5. The van der Waals surface area contributed by atoms with Gasteiger partial charge in [-0.1, -0.05) is 0 Å². The van der Waals surface area contributed by atoms with Gasteiger partial charge in [-0.05, 0) is 48.7 Å². The number of carbonyl (C=O) groups is 1. The van der Waals surface area contributed by atoms with Crippen LogP contribution in [0.2, 0.25) is 0 Å². The lowest BCUT2D eigenvalue weighted by Crippen LogP contribution is -2.37. The maximum atomic E-state index is 12.1. The highest BCUT2D eigenvalue weighted by atomic mass is 127. The van der Waals surface area contributed by atoms with E-state index >= 15 is 0 Å². The highest BCUT2D eigenvalue weighted by Crippen LogP contribution is 2.31. The zero-order chi connectivity index (χ0) is 14.4. The van der Waals surface area contributed by atoms with Crippen LogP contribution in [0.25, 0.3) is 0 Å². The van der Waals surface area contributed by atoms with Crippen molar-refractivity contribution in [1.29, 1.82) is 0 Å². The third-order valence-corrected chi connectivity index (χ3v) is 3.67. The van der Waals surface area contributed by atoms with Crippen LogP contribution in [0, 0.1) is 3.57 Å². The van der Waals surface area contributed by atoms with E-state index in [2.05, 4.69) is 33.2 Å². The molecule has 1 aromatic rings. The van der Waals surface area contributed by atoms with Gasteiger partial charge in [-0.25, -0.2) is 0 Å². The van der Waals surface area contributed by atoms with Gasteiger partial charge >= 0.3 is 0 Å². The predicted octanol–water partition coefficient (Wildman–Crippen LogP) is 1.65. The molecule has 0 aliphatic carbocycles. The number of likely N-dealkylation sites (N-methyl/N-ethyl adjacent to an activating group) is 1. The summed E-state index contributed by atoms with van der Waals surface area (Å²) in [5, 5.41) is 5.94. The molecule has 19 heavy (non-hydrogen) atoms. The summed E-state index contributed by atoms with van der Waals surface area (Å²) in [6, 6.07) is 3.71. The Hall–Kier alpha value is -1.02. The van der Waals surface area contributed by atoms with Gasteiger partial charge in [0.25, 0.3) is 5.91 Å². The molecule has 1 amide bonds. The number of amides is 1. The molecule has 2 N–H and O–H groups in total. The smallest absolute Gasteiger partial charge is 0.252 e. The van der Waals surface area contributed by atoms with Crippen LogP contribution < -0.4 is 20.1 Å². The van der Waals surface area contributed by atoms with E-state index in [-0.39, 0.29) is 11.9 Å². The van der Waals surface area contributed by atoms with Crippen molar-refractivity contribution < 1.29 is 14.3 Å². The largest absolute Gasteiger partial charge is 0.493 e. The fourth-order valence-electron chi connectivity index (χ4n) is 1.47. The molecule has 6 heteroatoms. The number of methoxy groups -OCH3 is 2. The van der Waals surface area contributed by atoms with Gasteiger partial charge in [0.15, 0.2) is 11.5 Å². The van der Waals surface area contributed by atoms with Crippen LogP contribution in [-0.2, 0) is 0 Å². The Balaban J connectivity index is 2.90. The molecule has 0 radical (unpaired) electrons. The fraction of sp³-hybridized carbons (Fsp3) is 0.462. The van der Waals surface area contributed by atoms with E-state index in [9.17, 15) is 4.79 Å². The van der Waals surface area contributed by atoms with Crippen LogP contribution in [0.4, 0.5) is 0 Å². The van der Waals surface area contributed by atoms with E-state index in [0.717, 1.165) is 3.57 Å². The van der Waals surface area contributed by atoms with Gasteiger partial charge < -0.3 is 20.1 Å². The molecule has 0 spiro atoms. The number of carbonyl (C=O) groups excluding carboxylic acids is 1. The van der Waals surface area contributed by atoms with Crippen LogP contribution in [-0.4, -0.2) is 39.8 Å². The van der Waals surface area contributed by atoms with Crippen molar-refractivity contribution in [1.82, 2.24) is 10.6 Å². The van der Waals surface area contributed by atoms with Crippen molar-refractivity contribution in [3.8, 4) is 11.5 Å². The molecule has 1 unspecified atom stereocenters. The number of hydrogen-bond donors (Lipinski definition) is 2. The average Bonchev–Trinajstić information content (AvgIpc) is 2.43. The predicted molar refractivity (Wildman–Crippen MR) is 83.1 cm³/mol. The van der Waals surface area contributed by atoms with E-state index in [1.165, 1.54) is 0 Å². The van der Waals surface area contributed by atoms with Crippen molar-refractivity contribution in [2.45, 2.75) is 13.0 Å². The number of nitrogens with one attached hydrogen (secondary N) is 2. The summed E-state index contributed by atoms with van der Waals surface area (Å²) < 4.78 is 11.2. The molecule has 0 saturated heterocycles. The minimum absolute atomic E-state index is 0.118. The van der Waals surface area contributed by atoms with Gasteiger partial charge in [0.1, 0.15) is 0 Å². The Labute approximate surface area is 127 Å². The molecule has 1 aromatic carbocycles. The first-order valence-corrected chi connectivity index (χ1v) is 6.98. The van der Waals surface area contributed by atoms with Gasteiger partial charge in [0.2, 0.25) is 0 Å². The van der Waals surface area contributed by atoms with E-state index in [1.807, 2.05) is 14.0 Å². The van der Waals surface area contributed by atoms with Crippen LogP contribution >= 0.6 is 22.6 Å². The SMILES string of the molecule is CNC(C)CNC(=O)c1cc(OC)c(OC)cc1I. The first kappa shape index (κ1) is 16.0. The lowest BCUT2D eigenvalue weighted by molar-refractivity contribution is 0.0949. The molecule has 106 valence electrons. The number of rotatable bonds is 6. The van der Waals surface area contributed by atoms with Gasteiger partial charge in [0.05, 0.1) is 19.8 Å². The van der Waals surface area contributed by atoms with Crippen LogP contribution in [0.1, 0.15) is 17.3 Å². The topological polar surface area (TPSA) is 59.6 Å². The Kier molecular flexibility index (Phi) is 6.36. The van der Waals surface area contributed by atoms with Crippen molar-refractivity contribution in [3.63, 3.8) is 0 Å². The summed E-state index contributed by atoms with van der Waals surface area (Å²) in [7, 11) is 4.98. The van der Waals surface area contributed by atoms with Gasteiger partial charge in [0, 0.05) is 16.2 Å². The third kappa shape index (κ3) is 4.24. The summed E-state index contributed by atoms with van der Waals surface area (Å²) in [5.74, 6) is 1.05. The first-order valence-electron chi connectivity index (χ1n) is 5.90. The zero-order valence-corrected chi connectivity index (χ0v) is 13.7. The monoisotopic (exact) mass is 378 g/mol. The second-order valence-corrected chi connectivity index (χ2v) is 5.25. The standard InChI is InChI=1S/C13H19IN2O3/c1-8(15-2)7-16-13(17)9-5-11(18-3)12(19-4)6-10(9)14/h5-6,8,15H,7H2,1-4H3,(H,16,17). The van der Waals surface area contributed by atoms with E-state index in [4.69, 9.17) is 9.47 Å². The molecule has 5 nitrogen and oxygen atoms in total. The van der Waals surface area contributed by atoms with Crippen molar-refractivity contribution >= 4 is 28.5 Å². The quantitative estimate of drug-likeness (QED) is 0.740. The van der Waals surface area contributed by atoms with Crippen molar-refractivity contribution in [3.05, 3.63) is 21.3 Å². The molecule has 1 rings (SSSR count). The average molecular weight is 378 g/mol. The second-order valence-electron chi connectivity index (χ2n) is 4.09. The lowest BCUT2D eigenvalue weighted by Gasteiger charge is -2.14. The third-order valence-electron chi connectivity index (χ3n) is 2.78. The van der Waals surface area contributed by atoms with Gasteiger partial charge in [-0.2, -0.15) is 0 Å². The molecule has 0 bridgehead atoms. The number of ether oxygens (including phenoxy) is 2. The minimum Gasteiger partial charge on any atom is -0.493 e. The molecule has 0 saturated carbocycles. The molecule has 0 aromatic heterocycles. The normalized spacial score (nSPS) is 11.8. The Morgan fingerprint density at radius 3 is 2.42 bits per heavy atom. The molecule has 0 heterocycles. The van der Waals surface area contributed by atoms with Gasteiger partial charge in [-0.15, -0.1) is 0 Å². The number of hydrogen-bond acceptors (Lipinski definition) is 4. The second kappa shape index (κ2) is 7.54. The first-order chi connectivity index (χ1) is 9.03. The summed E-state index contributed by atoms with van der Waals surface area (Å²) in [5.41, 5.74) is 0.585. The maximum absolute atomic E-state index is 12.1. The molecule has 1 atom stereocenters. The minimum atomic E-state index is -0.118. The van der Waals surface area contributed by atoms with Gasteiger partial charge in [-0.3, -0.25) is 4.79 Å². The summed E-state index contributed by atoms with van der Waals surface area (Å²) >= 11 is 2.11. The highest BCUT2D eigenvalue weighted by molar-refractivity contribution is 14.1. The Morgan fingerprint density at radius 1 is 1.32 bits per heavy atom. The summed E-state index contributed by atoms with van der Waals surface area (Å²) in [6.45, 7) is 2.57. The van der Waals surface area contributed by atoms with Crippen molar-refractivity contribution in [2.24, 2.45) is 0 Å². The molecular formula is C13H19IN2O3. The van der Waals surface area contributed by atoms with Crippen molar-refractivity contribution in [2.75, 3.05) is 27.8 Å². The molecule has 0 aliphatic heterocycles. The molecule has 0 fully saturated rings. The van der Waals surface area contributed by atoms with E-state index in [0.29, 0.717) is 23.6 Å².